The van der Waals surface area contributed by atoms with E-state index in [0.29, 0.717) is 11.8 Å². The summed E-state index contributed by atoms with van der Waals surface area (Å²) >= 11 is 0. The van der Waals surface area contributed by atoms with E-state index in [1.54, 1.807) is 0 Å². The molecule has 0 N–H and O–H groups in total. The zero-order valence-electron chi connectivity index (χ0n) is 8.12. The summed E-state index contributed by atoms with van der Waals surface area (Å²) in [6, 6.07) is 0. The lowest BCUT2D eigenvalue weighted by Crippen LogP contribution is -2.23. The smallest absolute Gasteiger partial charge is 0.234 e. The molecule has 0 heterocycles. The van der Waals surface area contributed by atoms with Crippen LogP contribution in [0.15, 0.2) is 11.8 Å². The fourth-order valence-corrected chi connectivity index (χ4v) is 3.07. The fourth-order valence-electron chi connectivity index (χ4n) is 3.07. The summed E-state index contributed by atoms with van der Waals surface area (Å²) in [6.07, 6.45) is 4.84. The van der Waals surface area contributed by atoms with E-state index in [-0.39, 0.29) is 10.3 Å². The van der Waals surface area contributed by atoms with Crippen molar-refractivity contribution < 1.29 is 4.92 Å². The van der Waals surface area contributed by atoms with Crippen molar-refractivity contribution in [2.24, 2.45) is 17.3 Å². The van der Waals surface area contributed by atoms with Gasteiger partial charge in [-0.05, 0) is 36.5 Å². The minimum Gasteiger partial charge on any atom is -0.259 e. The largest absolute Gasteiger partial charge is 0.259 e. The van der Waals surface area contributed by atoms with E-state index in [9.17, 15) is 10.1 Å². The molecule has 0 saturated heterocycles. The molecule has 0 aromatic heterocycles. The molecule has 0 amide bonds. The average molecular weight is 181 g/mol. The minimum absolute atomic E-state index is 0.0794. The van der Waals surface area contributed by atoms with E-state index in [4.69, 9.17) is 0 Å². The van der Waals surface area contributed by atoms with Gasteiger partial charge >= 0.3 is 0 Å². The summed E-state index contributed by atoms with van der Waals surface area (Å²) in [6.45, 7) is 4.29. The lowest BCUT2D eigenvalue weighted by Gasteiger charge is -2.30. The highest BCUT2D eigenvalue weighted by Crippen LogP contribution is 2.58. The zero-order valence-corrected chi connectivity index (χ0v) is 8.12. The van der Waals surface area contributed by atoms with Gasteiger partial charge in [-0.3, -0.25) is 10.1 Å². The van der Waals surface area contributed by atoms with E-state index in [1.165, 1.54) is 19.0 Å². The Morgan fingerprint density at radius 2 is 2.23 bits per heavy atom. The molecule has 2 unspecified atom stereocenters. The maximum absolute atomic E-state index is 10.4. The van der Waals surface area contributed by atoms with Crippen LogP contribution in [-0.4, -0.2) is 4.92 Å². The quantitative estimate of drug-likeness (QED) is 0.461. The Bertz CT molecular complexity index is 281. The van der Waals surface area contributed by atoms with Crippen molar-refractivity contribution in [2.45, 2.75) is 33.1 Å². The third-order valence-electron chi connectivity index (χ3n) is 3.88. The van der Waals surface area contributed by atoms with Crippen LogP contribution >= 0.6 is 0 Å². The number of rotatable bonds is 1. The normalized spacial score (nSPS) is 38.5. The van der Waals surface area contributed by atoms with Gasteiger partial charge in [0.2, 0.25) is 6.20 Å². The summed E-state index contributed by atoms with van der Waals surface area (Å²) in [4.78, 5) is 10.2. The molecule has 2 rings (SSSR count). The van der Waals surface area contributed by atoms with Crippen molar-refractivity contribution in [3.63, 3.8) is 0 Å². The van der Waals surface area contributed by atoms with Gasteiger partial charge in [0.15, 0.2) is 0 Å². The molecule has 0 spiro atoms. The first-order valence-electron chi connectivity index (χ1n) is 4.87. The Morgan fingerprint density at radius 3 is 2.69 bits per heavy atom. The molecular formula is C10H15NO2. The second kappa shape index (κ2) is 2.56. The van der Waals surface area contributed by atoms with Crippen LogP contribution in [0.3, 0.4) is 0 Å². The maximum Gasteiger partial charge on any atom is 0.234 e. The van der Waals surface area contributed by atoms with Crippen molar-refractivity contribution in [2.75, 3.05) is 0 Å². The number of nitro groups is 1. The molecule has 3 nitrogen and oxygen atoms in total. The average Bonchev–Trinajstić information content (AvgIpc) is 2.53. The van der Waals surface area contributed by atoms with Crippen molar-refractivity contribution >= 4 is 0 Å². The molecule has 72 valence electrons. The van der Waals surface area contributed by atoms with E-state index < -0.39 is 0 Å². The number of nitrogens with zero attached hydrogens (tertiary/aromatic N) is 1. The number of hydrogen-bond acceptors (Lipinski definition) is 2. The van der Waals surface area contributed by atoms with Crippen molar-refractivity contribution in [3.05, 3.63) is 21.9 Å². The summed E-state index contributed by atoms with van der Waals surface area (Å²) in [5.74, 6) is 1.19. The zero-order chi connectivity index (χ0) is 9.64. The van der Waals surface area contributed by atoms with Gasteiger partial charge in [-0.2, -0.15) is 0 Å². The topological polar surface area (TPSA) is 43.1 Å². The first-order chi connectivity index (χ1) is 6.01. The van der Waals surface area contributed by atoms with Crippen LogP contribution in [0, 0.1) is 27.4 Å². The molecule has 2 saturated carbocycles. The maximum atomic E-state index is 10.4. The molecule has 0 aromatic carbocycles. The van der Waals surface area contributed by atoms with Gasteiger partial charge in [0, 0.05) is 5.57 Å². The molecular weight excluding hydrogens is 166 g/mol. The Hall–Kier alpha value is -0.860. The first kappa shape index (κ1) is 8.73. The predicted molar refractivity (Wildman–Crippen MR) is 49.7 cm³/mol. The summed E-state index contributed by atoms with van der Waals surface area (Å²) in [7, 11) is 0. The fraction of sp³-hybridized carbons (Fsp3) is 0.800. The van der Waals surface area contributed by atoms with E-state index in [0.717, 1.165) is 12.0 Å². The van der Waals surface area contributed by atoms with Gasteiger partial charge < -0.3 is 0 Å². The minimum atomic E-state index is -0.294. The summed E-state index contributed by atoms with van der Waals surface area (Å²) in [5.41, 5.74) is 1.16. The molecule has 0 aliphatic heterocycles. The molecule has 2 aliphatic carbocycles. The van der Waals surface area contributed by atoms with Gasteiger partial charge in [-0.15, -0.1) is 0 Å². The standard InChI is InChI=1S/C10H15NO2/c1-10(2)8-4-3-7(5-8)9(10)6-11(12)13/h6-8H,3-5H2,1-2H3. The van der Waals surface area contributed by atoms with Crippen molar-refractivity contribution in [1.82, 2.24) is 0 Å². The lowest BCUT2D eigenvalue weighted by atomic mass is 9.73. The van der Waals surface area contributed by atoms with Crippen LogP contribution in [0.1, 0.15) is 33.1 Å². The van der Waals surface area contributed by atoms with Gasteiger partial charge in [0.25, 0.3) is 0 Å². The van der Waals surface area contributed by atoms with Crippen LogP contribution in [0.5, 0.6) is 0 Å². The van der Waals surface area contributed by atoms with Crippen LogP contribution < -0.4 is 0 Å². The lowest BCUT2D eigenvalue weighted by molar-refractivity contribution is -0.404. The summed E-state index contributed by atoms with van der Waals surface area (Å²) in [5, 5.41) is 10.4. The SMILES string of the molecule is CC1(C)C(=C[N+](=O)[O-])C2CCC1C2. The second-order valence-electron chi connectivity index (χ2n) is 4.80. The molecule has 0 aromatic rings. The molecule has 2 aliphatic rings. The second-order valence-corrected chi connectivity index (χ2v) is 4.80. The Labute approximate surface area is 78.0 Å². The third-order valence-corrected chi connectivity index (χ3v) is 3.88. The monoisotopic (exact) mass is 181 g/mol. The van der Waals surface area contributed by atoms with E-state index in [2.05, 4.69) is 13.8 Å². The Kier molecular flexibility index (Phi) is 1.72. The molecule has 3 heteroatoms. The predicted octanol–water partition coefficient (Wildman–Crippen LogP) is 2.60. The van der Waals surface area contributed by atoms with Gasteiger partial charge in [0.05, 0.1) is 4.92 Å². The Morgan fingerprint density at radius 1 is 1.54 bits per heavy atom. The summed E-state index contributed by atoms with van der Waals surface area (Å²) < 4.78 is 0. The van der Waals surface area contributed by atoms with E-state index >= 15 is 0 Å². The van der Waals surface area contributed by atoms with Crippen LogP contribution in [0.4, 0.5) is 0 Å². The van der Waals surface area contributed by atoms with Gasteiger partial charge in [-0.25, -0.2) is 0 Å². The highest BCUT2D eigenvalue weighted by Gasteiger charge is 2.50. The third kappa shape index (κ3) is 1.18. The molecule has 2 atom stereocenters. The number of fused-ring (bicyclic) bond motifs is 2. The molecule has 0 radical (unpaired) electrons. The number of hydrogen-bond donors (Lipinski definition) is 0. The highest BCUT2D eigenvalue weighted by atomic mass is 16.6. The van der Waals surface area contributed by atoms with E-state index in [1.807, 2.05) is 0 Å². The van der Waals surface area contributed by atoms with Crippen LogP contribution in [0.2, 0.25) is 0 Å². The molecule has 2 fully saturated rings. The van der Waals surface area contributed by atoms with Crippen LogP contribution in [-0.2, 0) is 0 Å². The number of allylic oxidation sites excluding steroid dienone is 1. The van der Waals surface area contributed by atoms with Gasteiger partial charge in [-0.1, -0.05) is 13.8 Å². The highest BCUT2D eigenvalue weighted by molar-refractivity contribution is 5.24. The van der Waals surface area contributed by atoms with Crippen molar-refractivity contribution in [1.29, 1.82) is 0 Å². The van der Waals surface area contributed by atoms with Crippen molar-refractivity contribution in [3.8, 4) is 0 Å². The van der Waals surface area contributed by atoms with Gasteiger partial charge in [0.1, 0.15) is 0 Å². The van der Waals surface area contributed by atoms with Crippen LogP contribution in [0.25, 0.3) is 0 Å². The molecule has 13 heavy (non-hydrogen) atoms. The molecule has 2 bridgehead atoms. The Balaban J connectivity index is 2.34. The first-order valence-corrected chi connectivity index (χ1v) is 4.87.